The lowest BCUT2D eigenvalue weighted by molar-refractivity contribution is 0.375. The number of aromatic nitrogens is 3. The molecule has 0 spiro atoms. The van der Waals surface area contributed by atoms with Crippen molar-refractivity contribution in [3.63, 3.8) is 0 Å². The minimum atomic E-state index is 0.268. The Kier molecular flexibility index (Phi) is 4.27. The summed E-state index contributed by atoms with van der Waals surface area (Å²) in [5, 5.41) is 3.12. The Hall–Kier alpha value is -1.39. The molecule has 0 bridgehead atoms. The number of anilines is 1. The van der Waals surface area contributed by atoms with E-state index >= 15 is 0 Å². The Bertz CT molecular complexity index is 314. The lowest BCUT2D eigenvalue weighted by atomic mass is 10.2. The normalized spacial score (nSPS) is 10.5. The van der Waals surface area contributed by atoms with E-state index in [2.05, 4.69) is 27.2 Å². The molecule has 1 aromatic rings. The van der Waals surface area contributed by atoms with Gasteiger partial charge in [0, 0.05) is 12.5 Å². The molecule has 84 valence electrons. The number of rotatable bonds is 5. The van der Waals surface area contributed by atoms with E-state index in [4.69, 9.17) is 4.74 Å². The van der Waals surface area contributed by atoms with Crippen molar-refractivity contribution in [1.82, 2.24) is 15.0 Å². The molecule has 0 saturated heterocycles. The molecule has 0 fully saturated rings. The summed E-state index contributed by atoms with van der Waals surface area (Å²) in [7, 11) is 1.56. The molecule has 0 aliphatic carbocycles. The predicted molar refractivity (Wildman–Crippen MR) is 59.2 cm³/mol. The quantitative estimate of drug-likeness (QED) is 0.803. The van der Waals surface area contributed by atoms with Crippen molar-refractivity contribution in [2.45, 2.75) is 33.1 Å². The van der Waals surface area contributed by atoms with E-state index in [9.17, 15) is 0 Å². The summed E-state index contributed by atoms with van der Waals surface area (Å²) < 4.78 is 5.02. The summed E-state index contributed by atoms with van der Waals surface area (Å²) in [6.07, 6.45) is 1.03. The molecule has 1 aromatic heterocycles. The first-order valence-corrected chi connectivity index (χ1v) is 5.21. The van der Waals surface area contributed by atoms with Gasteiger partial charge in [-0.25, -0.2) is 0 Å². The molecule has 1 rings (SSSR count). The number of nitrogens with one attached hydrogen (secondary N) is 1. The largest absolute Gasteiger partial charge is 0.467 e. The van der Waals surface area contributed by atoms with Crippen LogP contribution in [-0.2, 0) is 0 Å². The Labute approximate surface area is 90.3 Å². The van der Waals surface area contributed by atoms with Gasteiger partial charge in [-0.2, -0.15) is 15.0 Å². The molecule has 0 amide bonds. The highest BCUT2D eigenvalue weighted by Gasteiger charge is 2.08. The van der Waals surface area contributed by atoms with Gasteiger partial charge in [0.05, 0.1) is 7.11 Å². The van der Waals surface area contributed by atoms with Gasteiger partial charge in [-0.05, 0) is 6.42 Å². The van der Waals surface area contributed by atoms with E-state index in [0.29, 0.717) is 12.0 Å². The molecule has 0 aromatic carbocycles. The zero-order valence-corrected chi connectivity index (χ0v) is 9.74. The SMILES string of the molecule is CCCNc1nc(OC)nc(C(C)C)n1. The van der Waals surface area contributed by atoms with E-state index in [-0.39, 0.29) is 5.92 Å². The minimum Gasteiger partial charge on any atom is -0.467 e. The van der Waals surface area contributed by atoms with E-state index in [1.54, 1.807) is 7.11 Å². The lowest BCUT2D eigenvalue weighted by Gasteiger charge is -2.08. The van der Waals surface area contributed by atoms with Crippen molar-refractivity contribution in [1.29, 1.82) is 0 Å². The van der Waals surface area contributed by atoms with Gasteiger partial charge in [0.25, 0.3) is 0 Å². The van der Waals surface area contributed by atoms with Crippen LogP contribution in [0.25, 0.3) is 0 Å². The monoisotopic (exact) mass is 210 g/mol. The molecule has 0 aliphatic rings. The van der Waals surface area contributed by atoms with Gasteiger partial charge in [-0.15, -0.1) is 0 Å². The molecule has 0 unspecified atom stereocenters. The first-order chi connectivity index (χ1) is 7.17. The van der Waals surface area contributed by atoms with Gasteiger partial charge in [-0.1, -0.05) is 20.8 Å². The summed E-state index contributed by atoms with van der Waals surface area (Å²) in [5.41, 5.74) is 0. The number of methoxy groups -OCH3 is 1. The fourth-order valence-electron chi connectivity index (χ4n) is 1.04. The van der Waals surface area contributed by atoms with Gasteiger partial charge in [0.1, 0.15) is 5.82 Å². The van der Waals surface area contributed by atoms with Crippen LogP contribution in [0.1, 0.15) is 38.9 Å². The summed E-state index contributed by atoms with van der Waals surface area (Å²) in [5.74, 6) is 1.61. The van der Waals surface area contributed by atoms with E-state index < -0.39 is 0 Å². The highest BCUT2D eigenvalue weighted by atomic mass is 16.5. The Morgan fingerprint density at radius 1 is 1.27 bits per heavy atom. The third-order valence-corrected chi connectivity index (χ3v) is 1.86. The minimum absolute atomic E-state index is 0.268. The molecule has 5 nitrogen and oxygen atoms in total. The second-order valence-corrected chi connectivity index (χ2v) is 3.59. The third-order valence-electron chi connectivity index (χ3n) is 1.86. The fourth-order valence-corrected chi connectivity index (χ4v) is 1.04. The Morgan fingerprint density at radius 3 is 2.53 bits per heavy atom. The predicted octanol–water partition coefficient (Wildman–Crippen LogP) is 1.83. The molecule has 1 heterocycles. The average molecular weight is 210 g/mol. The van der Waals surface area contributed by atoms with Gasteiger partial charge < -0.3 is 10.1 Å². The van der Waals surface area contributed by atoms with Crippen molar-refractivity contribution in [3.05, 3.63) is 5.82 Å². The molecule has 1 N–H and O–H groups in total. The van der Waals surface area contributed by atoms with Crippen LogP contribution in [0.5, 0.6) is 6.01 Å². The first kappa shape index (κ1) is 11.7. The standard InChI is InChI=1S/C10H18N4O/c1-5-6-11-9-12-8(7(2)3)13-10(14-9)15-4/h7H,5-6H2,1-4H3,(H,11,12,13,14). The van der Waals surface area contributed by atoms with Crippen LogP contribution in [0.2, 0.25) is 0 Å². The summed E-state index contributed by atoms with van der Waals surface area (Å²) in [4.78, 5) is 12.6. The highest BCUT2D eigenvalue weighted by Crippen LogP contribution is 2.14. The van der Waals surface area contributed by atoms with Crippen LogP contribution >= 0.6 is 0 Å². The van der Waals surface area contributed by atoms with Crippen LogP contribution in [0.15, 0.2) is 0 Å². The molecular weight excluding hydrogens is 192 g/mol. The van der Waals surface area contributed by atoms with Gasteiger partial charge in [0.2, 0.25) is 5.95 Å². The maximum atomic E-state index is 5.02. The maximum Gasteiger partial charge on any atom is 0.321 e. The Balaban J connectivity index is 2.90. The van der Waals surface area contributed by atoms with Crippen LogP contribution in [-0.4, -0.2) is 28.6 Å². The lowest BCUT2D eigenvalue weighted by Crippen LogP contribution is -2.09. The molecule has 5 heteroatoms. The van der Waals surface area contributed by atoms with E-state index in [0.717, 1.165) is 18.8 Å². The van der Waals surface area contributed by atoms with Crippen molar-refractivity contribution < 1.29 is 4.74 Å². The van der Waals surface area contributed by atoms with Crippen molar-refractivity contribution in [2.24, 2.45) is 0 Å². The van der Waals surface area contributed by atoms with Crippen molar-refractivity contribution in [2.75, 3.05) is 19.0 Å². The van der Waals surface area contributed by atoms with Crippen LogP contribution in [0.3, 0.4) is 0 Å². The van der Waals surface area contributed by atoms with Gasteiger partial charge in [-0.3, -0.25) is 0 Å². The summed E-state index contributed by atoms with van der Waals surface area (Å²) in [6.45, 7) is 7.02. The Morgan fingerprint density at radius 2 is 2.00 bits per heavy atom. The van der Waals surface area contributed by atoms with Crippen molar-refractivity contribution >= 4 is 5.95 Å². The fraction of sp³-hybridized carbons (Fsp3) is 0.700. The van der Waals surface area contributed by atoms with Crippen LogP contribution in [0.4, 0.5) is 5.95 Å². The second-order valence-electron chi connectivity index (χ2n) is 3.59. The topological polar surface area (TPSA) is 59.9 Å². The van der Waals surface area contributed by atoms with E-state index in [1.807, 2.05) is 13.8 Å². The zero-order valence-electron chi connectivity index (χ0n) is 9.74. The molecular formula is C10H18N4O. The van der Waals surface area contributed by atoms with Gasteiger partial charge >= 0.3 is 6.01 Å². The van der Waals surface area contributed by atoms with E-state index in [1.165, 1.54) is 0 Å². The molecule has 0 radical (unpaired) electrons. The number of ether oxygens (including phenoxy) is 1. The molecule has 0 saturated carbocycles. The number of hydrogen-bond acceptors (Lipinski definition) is 5. The summed E-state index contributed by atoms with van der Waals surface area (Å²) in [6, 6.07) is 0.368. The van der Waals surface area contributed by atoms with Crippen LogP contribution in [0, 0.1) is 0 Å². The molecule has 15 heavy (non-hydrogen) atoms. The molecule has 0 atom stereocenters. The van der Waals surface area contributed by atoms with Gasteiger partial charge in [0.15, 0.2) is 0 Å². The summed E-state index contributed by atoms with van der Waals surface area (Å²) >= 11 is 0. The smallest absolute Gasteiger partial charge is 0.321 e. The first-order valence-electron chi connectivity index (χ1n) is 5.21. The third kappa shape index (κ3) is 3.34. The highest BCUT2D eigenvalue weighted by molar-refractivity contribution is 5.26. The van der Waals surface area contributed by atoms with Crippen LogP contribution < -0.4 is 10.1 Å². The zero-order chi connectivity index (χ0) is 11.3. The number of nitrogens with zero attached hydrogens (tertiary/aromatic N) is 3. The second kappa shape index (κ2) is 5.48. The average Bonchev–Trinajstić information content (AvgIpc) is 2.25. The number of hydrogen-bond donors (Lipinski definition) is 1. The van der Waals surface area contributed by atoms with Crippen molar-refractivity contribution in [3.8, 4) is 6.01 Å². The maximum absolute atomic E-state index is 5.02. The molecule has 0 aliphatic heterocycles.